The van der Waals surface area contributed by atoms with Crippen molar-refractivity contribution in [2.45, 2.75) is 6.54 Å². The molecule has 0 saturated carbocycles. The van der Waals surface area contributed by atoms with Crippen molar-refractivity contribution in [3.05, 3.63) is 38.4 Å². The van der Waals surface area contributed by atoms with E-state index >= 15 is 0 Å². The van der Waals surface area contributed by atoms with Crippen LogP contribution >= 0.6 is 11.6 Å². The molecule has 0 atom stereocenters. The van der Waals surface area contributed by atoms with Crippen molar-refractivity contribution in [1.82, 2.24) is 0 Å². The lowest BCUT2D eigenvalue weighted by atomic mass is 10.1. The van der Waals surface area contributed by atoms with E-state index < -0.39 is 4.92 Å². The third-order valence-electron chi connectivity index (χ3n) is 1.71. The zero-order valence-electron chi connectivity index (χ0n) is 7.03. The summed E-state index contributed by atoms with van der Waals surface area (Å²) in [5.41, 5.74) is 5.75. The van der Waals surface area contributed by atoms with Gasteiger partial charge in [0.2, 0.25) is 0 Å². The molecule has 6 heteroatoms. The van der Waals surface area contributed by atoms with Gasteiger partial charge in [-0.25, -0.2) is 0 Å². The van der Waals surface area contributed by atoms with E-state index in [4.69, 9.17) is 22.6 Å². The summed E-state index contributed by atoms with van der Waals surface area (Å²) in [5.74, 6) is 0. The molecule has 1 rings (SSSR count). The highest BCUT2D eigenvalue weighted by Gasteiger charge is 2.15. The van der Waals surface area contributed by atoms with Gasteiger partial charge < -0.3 is 5.73 Å². The Morgan fingerprint density at radius 3 is 2.71 bits per heavy atom. The third kappa shape index (κ3) is 1.82. The summed E-state index contributed by atoms with van der Waals surface area (Å²) in [6.45, 7) is 0.126. The molecule has 0 aliphatic heterocycles. The summed E-state index contributed by atoms with van der Waals surface area (Å²) < 4.78 is 0. The van der Waals surface area contributed by atoms with Crippen molar-refractivity contribution >= 4 is 17.3 Å². The molecule has 0 spiro atoms. The second-order valence-corrected chi connectivity index (χ2v) is 2.94. The van der Waals surface area contributed by atoms with Crippen molar-refractivity contribution in [2.75, 3.05) is 0 Å². The first kappa shape index (κ1) is 10.4. The number of nitrogens with zero attached hydrogens (tertiary/aromatic N) is 2. The van der Waals surface area contributed by atoms with E-state index in [0.29, 0.717) is 5.56 Å². The summed E-state index contributed by atoms with van der Waals surface area (Å²) in [7, 11) is 0. The monoisotopic (exact) mass is 211 g/mol. The average Bonchev–Trinajstić information content (AvgIpc) is 2.16. The fourth-order valence-corrected chi connectivity index (χ4v) is 1.27. The number of rotatable bonds is 2. The number of halogens is 1. The Hall–Kier alpha value is -1.64. The van der Waals surface area contributed by atoms with Crippen molar-refractivity contribution in [1.29, 1.82) is 5.26 Å². The Labute approximate surface area is 84.8 Å². The minimum absolute atomic E-state index is 0.00514. The first-order chi connectivity index (χ1) is 6.60. The highest BCUT2D eigenvalue weighted by atomic mass is 35.5. The van der Waals surface area contributed by atoms with E-state index in [2.05, 4.69) is 0 Å². The molecule has 0 aromatic heterocycles. The highest BCUT2D eigenvalue weighted by Crippen LogP contribution is 2.27. The van der Waals surface area contributed by atoms with Crippen LogP contribution in [0.4, 0.5) is 5.69 Å². The van der Waals surface area contributed by atoms with E-state index in [0.717, 1.165) is 6.07 Å². The number of hydrogen-bond acceptors (Lipinski definition) is 4. The predicted octanol–water partition coefficient (Wildman–Crippen LogP) is 1.58. The number of hydrogen-bond donors (Lipinski definition) is 1. The Kier molecular flexibility index (Phi) is 3.02. The quantitative estimate of drug-likeness (QED) is 0.594. The number of benzene rings is 1. The molecule has 0 aliphatic rings. The van der Waals surface area contributed by atoms with Crippen LogP contribution in [-0.4, -0.2) is 4.92 Å². The van der Waals surface area contributed by atoms with Crippen LogP contribution in [0.25, 0.3) is 0 Å². The maximum Gasteiger partial charge on any atom is 0.289 e. The first-order valence-corrected chi connectivity index (χ1v) is 4.05. The molecule has 0 amide bonds. The second kappa shape index (κ2) is 4.05. The number of nitriles is 1. The molecule has 0 bridgehead atoms. The third-order valence-corrected chi connectivity index (χ3v) is 2.01. The van der Waals surface area contributed by atoms with Gasteiger partial charge in [0.25, 0.3) is 5.69 Å². The summed E-state index contributed by atoms with van der Waals surface area (Å²) in [6.07, 6.45) is 0. The van der Waals surface area contributed by atoms with E-state index in [1.54, 1.807) is 0 Å². The number of nitrogens with two attached hydrogens (primary N) is 1. The van der Waals surface area contributed by atoms with Crippen molar-refractivity contribution in [3.63, 3.8) is 0 Å². The minimum Gasteiger partial charge on any atom is -0.326 e. The average molecular weight is 212 g/mol. The molecular weight excluding hydrogens is 206 g/mol. The standard InChI is InChI=1S/C8H6ClN3O2/c9-7-1-5(3-10)6(4-11)2-8(7)12(13)14/h1-2H,3,10H2. The highest BCUT2D eigenvalue weighted by molar-refractivity contribution is 6.32. The molecule has 0 fully saturated rings. The Bertz CT molecular complexity index is 425. The molecule has 72 valence electrons. The van der Waals surface area contributed by atoms with Gasteiger partial charge >= 0.3 is 0 Å². The molecule has 0 heterocycles. The molecule has 0 radical (unpaired) electrons. The molecule has 0 unspecified atom stereocenters. The van der Waals surface area contributed by atoms with Gasteiger partial charge in [0.15, 0.2) is 0 Å². The van der Waals surface area contributed by atoms with Crippen LogP contribution in [0.2, 0.25) is 5.02 Å². The predicted molar refractivity (Wildman–Crippen MR) is 50.7 cm³/mol. The van der Waals surface area contributed by atoms with E-state index in [1.165, 1.54) is 6.07 Å². The van der Waals surface area contributed by atoms with Crippen molar-refractivity contribution < 1.29 is 4.92 Å². The van der Waals surface area contributed by atoms with Gasteiger partial charge in [-0.05, 0) is 11.6 Å². The summed E-state index contributed by atoms with van der Waals surface area (Å²) in [6, 6.07) is 4.30. The smallest absolute Gasteiger partial charge is 0.289 e. The van der Waals surface area contributed by atoms with Gasteiger partial charge in [0, 0.05) is 12.6 Å². The van der Waals surface area contributed by atoms with Gasteiger partial charge in [-0.3, -0.25) is 10.1 Å². The summed E-state index contributed by atoms with van der Waals surface area (Å²) >= 11 is 5.63. The van der Waals surface area contributed by atoms with Crippen LogP contribution in [0.1, 0.15) is 11.1 Å². The van der Waals surface area contributed by atoms with Crippen LogP contribution in [0.3, 0.4) is 0 Å². The van der Waals surface area contributed by atoms with Gasteiger partial charge in [-0.15, -0.1) is 0 Å². The van der Waals surface area contributed by atoms with Crippen LogP contribution in [0.5, 0.6) is 0 Å². The van der Waals surface area contributed by atoms with E-state index in [-0.39, 0.29) is 22.8 Å². The molecular formula is C8H6ClN3O2. The van der Waals surface area contributed by atoms with Gasteiger partial charge in [0.05, 0.1) is 16.6 Å². The SMILES string of the molecule is N#Cc1cc([N+](=O)[O-])c(Cl)cc1CN. The molecule has 14 heavy (non-hydrogen) atoms. The van der Waals surface area contributed by atoms with Gasteiger partial charge in [-0.2, -0.15) is 5.26 Å². The van der Waals surface area contributed by atoms with Gasteiger partial charge in [-0.1, -0.05) is 11.6 Å². The lowest BCUT2D eigenvalue weighted by molar-refractivity contribution is -0.384. The maximum atomic E-state index is 10.5. The molecule has 5 nitrogen and oxygen atoms in total. The molecule has 0 aliphatic carbocycles. The molecule has 0 saturated heterocycles. The largest absolute Gasteiger partial charge is 0.326 e. The van der Waals surface area contributed by atoms with E-state index in [9.17, 15) is 10.1 Å². The Balaban J connectivity index is 3.40. The fourth-order valence-electron chi connectivity index (χ4n) is 1.02. The maximum absolute atomic E-state index is 10.5. The molecule has 1 aromatic carbocycles. The minimum atomic E-state index is -0.635. The van der Waals surface area contributed by atoms with Crippen LogP contribution < -0.4 is 5.73 Å². The normalized spacial score (nSPS) is 9.50. The summed E-state index contributed by atoms with van der Waals surface area (Å²) in [4.78, 5) is 9.83. The Morgan fingerprint density at radius 2 is 2.29 bits per heavy atom. The second-order valence-electron chi connectivity index (χ2n) is 2.53. The topological polar surface area (TPSA) is 92.9 Å². The van der Waals surface area contributed by atoms with Crippen molar-refractivity contribution in [2.24, 2.45) is 5.73 Å². The molecule has 1 aromatic rings. The zero-order chi connectivity index (χ0) is 10.7. The molecule has 2 N–H and O–H groups in total. The first-order valence-electron chi connectivity index (χ1n) is 3.67. The van der Waals surface area contributed by atoms with E-state index in [1.807, 2.05) is 6.07 Å². The lowest BCUT2D eigenvalue weighted by Gasteiger charge is -2.01. The summed E-state index contributed by atoms with van der Waals surface area (Å²) in [5, 5.41) is 19.1. The van der Waals surface area contributed by atoms with Crippen LogP contribution in [0, 0.1) is 21.4 Å². The zero-order valence-corrected chi connectivity index (χ0v) is 7.78. The van der Waals surface area contributed by atoms with Gasteiger partial charge in [0.1, 0.15) is 5.02 Å². The van der Waals surface area contributed by atoms with Crippen LogP contribution in [0.15, 0.2) is 12.1 Å². The van der Waals surface area contributed by atoms with Crippen LogP contribution in [-0.2, 0) is 6.54 Å². The number of nitro groups is 1. The van der Waals surface area contributed by atoms with Crippen molar-refractivity contribution in [3.8, 4) is 6.07 Å². The number of nitro benzene ring substituents is 1. The lowest BCUT2D eigenvalue weighted by Crippen LogP contribution is -2.01. The Morgan fingerprint density at radius 1 is 1.64 bits per heavy atom. The fraction of sp³-hybridized carbons (Fsp3) is 0.125.